The first kappa shape index (κ1) is 14.7. The standard InChI is InChI=1S/C15H27N5O/c1-11(2)20-15(14(16)12(3)17-20)19-5-4-13(10-19)18-6-8-21-9-7-18/h11,13H,4-10,16H2,1-3H3. The molecule has 1 unspecified atom stereocenters. The lowest BCUT2D eigenvalue weighted by Gasteiger charge is -2.32. The number of hydrogen-bond acceptors (Lipinski definition) is 5. The van der Waals surface area contributed by atoms with Gasteiger partial charge in [0.2, 0.25) is 0 Å². The molecule has 1 aromatic heterocycles. The molecule has 2 saturated heterocycles. The molecule has 0 amide bonds. The number of rotatable bonds is 3. The molecule has 2 aliphatic rings. The van der Waals surface area contributed by atoms with Crippen LogP contribution in [0.15, 0.2) is 0 Å². The summed E-state index contributed by atoms with van der Waals surface area (Å²) in [6.07, 6.45) is 1.20. The summed E-state index contributed by atoms with van der Waals surface area (Å²) in [7, 11) is 0. The van der Waals surface area contributed by atoms with Gasteiger partial charge in [0, 0.05) is 38.3 Å². The van der Waals surface area contributed by atoms with Crippen molar-refractivity contribution in [1.29, 1.82) is 0 Å². The van der Waals surface area contributed by atoms with E-state index in [0.29, 0.717) is 12.1 Å². The Balaban J connectivity index is 1.76. The van der Waals surface area contributed by atoms with E-state index < -0.39 is 0 Å². The molecule has 2 N–H and O–H groups in total. The molecule has 1 atom stereocenters. The van der Waals surface area contributed by atoms with Gasteiger partial charge in [-0.25, -0.2) is 4.68 Å². The average Bonchev–Trinajstić information content (AvgIpc) is 3.06. The van der Waals surface area contributed by atoms with Gasteiger partial charge in [-0.1, -0.05) is 0 Å². The number of aryl methyl sites for hydroxylation is 1. The maximum Gasteiger partial charge on any atom is 0.150 e. The van der Waals surface area contributed by atoms with E-state index in [1.54, 1.807) is 0 Å². The van der Waals surface area contributed by atoms with Crippen molar-refractivity contribution in [3.63, 3.8) is 0 Å². The maximum atomic E-state index is 6.29. The Labute approximate surface area is 126 Å². The topological polar surface area (TPSA) is 59.5 Å². The van der Waals surface area contributed by atoms with E-state index in [9.17, 15) is 0 Å². The van der Waals surface area contributed by atoms with Crippen molar-refractivity contribution < 1.29 is 4.74 Å². The van der Waals surface area contributed by atoms with Crippen molar-refractivity contribution in [2.75, 3.05) is 50.0 Å². The lowest BCUT2D eigenvalue weighted by Crippen LogP contribution is -2.44. The van der Waals surface area contributed by atoms with Gasteiger partial charge in [0.25, 0.3) is 0 Å². The first-order valence-electron chi connectivity index (χ1n) is 7.99. The quantitative estimate of drug-likeness (QED) is 0.909. The van der Waals surface area contributed by atoms with E-state index in [1.807, 2.05) is 6.92 Å². The normalized spacial score (nSPS) is 24.2. The summed E-state index contributed by atoms with van der Waals surface area (Å²) in [5, 5.41) is 4.61. The third-order valence-electron chi connectivity index (χ3n) is 4.62. The molecule has 3 heterocycles. The summed E-state index contributed by atoms with van der Waals surface area (Å²) < 4.78 is 7.53. The van der Waals surface area contributed by atoms with E-state index in [2.05, 4.69) is 33.4 Å². The molecule has 6 heteroatoms. The van der Waals surface area contributed by atoms with Gasteiger partial charge in [-0.2, -0.15) is 5.10 Å². The highest BCUT2D eigenvalue weighted by Gasteiger charge is 2.32. The van der Waals surface area contributed by atoms with Gasteiger partial charge in [0.05, 0.1) is 24.6 Å². The first-order chi connectivity index (χ1) is 10.1. The minimum absolute atomic E-state index is 0.332. The van der Waals surface area contributed by atoms with Gasteiger partial charge in [0.1, 0.15) is 0 Å². The lowest BCUT2D eigenvalue weighted by atomic mass is 10.2. The molecular formula is C15H27N5O. The summed E-state index contributed by atoms with van der Waals surface area (Å²) in [6.45, 7) is 12.2. The molecule has 0 saturated carbocycles. The Morgan fingerprint density at radius 3 is 2.62 bits per heavy atom. The van der Waals surface area contributed by atoms with Crippen LogP contribution in [0, 0.1) is 6.92 Å². The highest BCUT2D eigenvalue weighted by molar-refractivity contribution is 5.67. The van der Waals surface area contributed by atoms with Crippen LogP contribution < -0.4 is 10.6 Å². The number of nitrogen functional groups attached to an aromatic ring is 1. The van der Waals surface area contributed by atoms with Crippen molar-refractivity contribution in [3.8, 4) is 0 Å². The van der Waals surface area contributed by atoms with Crippen molar-refractivity contribution in [2.45, 2.75) is 39.3 Å². The molecule has 0 aromatic carbocycles. The smallest absolute Gasteiger partial charge is 0.150 e. The monoisotopic (exact) mass is 293 g/mol. The predicted octanol–water partition coefficient (Wildman–Crippen LogP) is 1.27. The summed E-state index contributed by atoms with van der Waals surface area (Å²) in [5.74, 6) is 1.11. The molecule has 0 bridgehead atoms. The minimum Gasteiger partial charge on any atom is -0.394 e. The highest BCUT2D eigenvalue weighted by Crippen LogP contribution is 2.32. The Morgan fingerprint density at radius 1 is 1.24 bits per heavy atom. The van der Waals surface area contributed by atoms with Crippen LogP contribution in [0.1, 0.15) is 32.0 Å². The fraction of sp³-hybridized carbons (Fsp3) is 0.800. The molecule has 1 aromatic rings. The Morgan fingerprint density at radius 2 is 1.95 bits per heavy atom. The molecule has 0 spiro atoms. The van der Waals surface area contributed by atoms with E-state index >= 15 is 0 Å². The third kappa shape index (κ3) is 2.74. The number of hydrogen-bond donors (Lipinski definition) is 1. The van der Waals surface area contributed by atoms with E-state index in [4.69, 9.17) is 10.5 Å². The van der Waals surface area contributed by atoms with Crippen LogP contribution in [0.3, 0.4) is 0 Å². The zero-order chi connectivity index (χ0) is 15.0. The van der Waals surface area contributed by atoms with Gasteiger partial charge >= 0.3 is 0 Å². The zero-order valence-electron chi connectivity index (χ0n) is 13.4. The number of aromatic nitrogens is 2. The summed E-state index contributed by atoms with van der Waals surface area (Å²) in [4.78, 5) is 4.97. The third-order valence-corrected chi connectivity index (χ3v) is 4.62. The summed E-state index contributed by atoms with van der Waals surface area (Å²) in [6, 6.07) is 0.947. The van der Waals surface area contributed by atoms with Crippen LogP contribution in [-0.2, 0) is 4.74 Å². The summed E-state index contributed by atoms with van der Waals surface area (Å²) in [5.41, 5.74) is 8.06. The van der Waals surface area contributed by atoms with Gasteiger partial charge in [-0.3, -0.25) is 4.90 Å². The number of anilines is 2. The van der Waals surface area contributed by atoms with E-state index in [1.165, 1.54) is 6.42 Å². The molecule has 6 nitrogen and oxygen atoms in total. The molecular weight excluding hydrogens is 266 g/mol. The molecule has 21 heavy (non-hydrogen) atoms. The van der Waals surface area contributed by atoms with Crippen molar-refractivity contribution >= 4 is 11.5 Å². The first-order valence-corrected chi connectivity index (χ1v) is 7.99. The summed E-state index contributed by atoms with van der Waals surface area (Å²) >= 11 is 0. The molecule has 118 valence electrons. The second-order valence-corrected chi connectivity index (χ2v) is 6.40. The predicted molar refractivity (Wildman–Crippen MR) is 84.8 cm³/mol. The molecule has 3 rings (SSSR count). The van der Waals surface area contributed by atoms with Crippen LogP contribution in [0.25, 0.3) is 0 Å². The van der Waals surface area contributed by atoms with Crippen molar-refractivity contribution in [3.05, 3.63) is 5.69 Å². The van der Waals surface area contributed by atoms with Crippen LogP contribution >= 0.6 is 0 Å². The van der Waals surface area contributed by atoms with E-state index in [0.717, 1.165) is 56.6 Å². The Hall–Kier alpha value is -1.27. The van der Waals surface area contributed by atoms with Crippen LogP contribution in [-0.4, -0.2) is 60.1 Å². The minimum atomic E-state index is 0.332. The highest BCUT2D eigenvalue weighted by atomic mass is 16.5. The largest absolute Gasteiger partial charge is 0.394 e. The lowest BCUT2D eigenvalue weighted by molar-refractivity contribution is 0.0209. The number of morpholine rings is 1. The second-order valence-electron chi connectivity index (χ2n) is 6.40. The number of nitrogens with zero attached hydrogens (tertiary/aromatic N) is 4. The van der Waals surface area contributed by atoms with Gasteiger partial charge in [0.15, 0.2) is 5.82 Å². The van der Waals surface area contributed by atoms with Gasteiger partial charge in [-0.15, -0.1) is 0 Å². The maximum absolute atomic E-state index is 6.29. The molecule has 2 fully saturated rings. The Bertz CT molecular complexity index is 492. The zero-order valence-corrected chi connectivity index (χ0v) is 13.4. The van der Waals surface area contributed by atoms with Crippen molar-refractivity contribution in [1.82, 2.24) is 14.7 Å². The molecule has 0 radical (unpaired) electrons. The molecule has 0 aliphatic carbocycles. The van der Waals surface area contributed by atoms with Crippen LogP contribution in [0.5, 0.6) is 0 Å². The fourth-order valence-electron chi connectivity index (χ4n) is 3.40. The number of nitrogens with two attached hydrogens (primary N) is 1. The Kier molecular flexibility index (Phi) is 4.08. The van der Waals surface area contributed by atoms with Crippen molar-refractivity contribution in [2.24, 2.45) is 0 Å². The number of ether oxygens (including phenoxy) is 1. The van der Waals surface area contributed by atoms with E-state index in [-0.39, 0.29) is 0 Å². The molecule has 2 aliphatic heterocycles. The van der Waals surface area contributed by atoms with Crippen LogP contribution in [0.2, 0.25) is 0 Å². The van der Waals surface area contributed by atoms with Gasteiger partial charge in [-0.05, 0) is 27.2 Å². The average molecular weight is 293 g/mol. The second kappa shape index (κ2) is 5.85. The SMILES string of the molecule is Cc1nn(C(C)C)c(N2CCC(N3CCOCC3)C2)c1N. The fourth-order valence-corrected chi connectivity index (χ4v) is 3.40. The van der Waals surface area contributed by atoms with Crippen LogP contribution in [0.4, 0.5) is 11.5 Å². The van der Waals surface area contributed by atoms with Gasteiger partial charge < -0.3 is 15.4 Å².